The number of hydrogen-bond acceptors (Lipinski definition) is 4. The van der Waals surface area contributed by atoms with Crippen molar-refractivity contribution in [3.63, 3.8) is 0 Å². The van der Waals surface area contributed by atoms with Gasteiger partial charge in [-0.15, -0.1) is 0 Å². The van der Waals surface area contributed by atoms with Crippen molar-refractivity contribution in [3.05, 3.63) is 47.6 Å². The quantitative estimate of drug-likeness (QED) is 0.703. The number of benzene rings is 1. The molecule has 1 aliphatic heterocycles. The molecule has 0 N–H and O–H groups in total. The lowest BCUT2D eigenvalue weighted by molar-refractivity contribution is -0.132. The molecule has 1 saturated heterocycles. The summed E-state index contributed by atoms with van der Waals surface area (Å²) in [4.78, 5) is 19.0. The smallest absolute Gasteiger partial charge is 0.226 e. The molecule has 2 heterocycles. The highest BCUT2D eigenvalue weighted by Gasteiger charge is 2.23. The maximum absolute atomic E-state index is 12.5. The van der Waals surface area contributed by atoms with Gasteiger partial charge in [0.15, 0.2) is 5.82 Å². The van der Waals surface area contributed by atoms with Crippen molar-refractivity contribution in [1.82, 2.24) is 15.0 Å². The van der Waals surface area contributed by atoms with Crippen LogP contribution in [0, 0.1) is 5.92 Å². The summed E-state index contributed by atoms with van der Waals surface area (Å²) in [5, 5.41) is 4.04. The van der Waals surface area contributed by atoms with Crippen molar-refractivity contribution in [2.24, 2.45) is 5.92 Å². The minimum Gasteiger partial charge on any atom is -0.343 e. The zero-order valence-electron chi connectivity index (χ0n) is 17.5. The van der Waals surface area contributed by atoms with E-state index in [9.17, 15) is 4.79 Å². The summed E-state index contributed by atoms with van der Waals surface area (Å²) < 4.78 is 5.31. The first-order valence-electron chi connectivity index (χ1n) is 10.6. The number of likely N-dealkylation sites (tertiary alicyclic amines) is 1. The van der Waals surface area contributed by atoms with Gasteiger partial charge in [-0.1, -0.05) is 56.3 Å². The Morgan fingerprint density at radius 2 is 1.86 bits per heavy atom. The summed E-state index contributed by atoms with van der Waals surface area (Å²) in [6.07, 6.45) is 6.59. The highest BCUT2D eigenvalue weighted by atomic mass is 16.5. The highest BCUT2D eigenvalue weighted by molar-refractivity contribution is 5.76. The summed E-state index contributed by atoms with van der Waals surface area (Å²) in [6, 6.07) is 10.7. The standard InChI is InChI=1S/C23H33N3O2/c1-23(2,3)22-24-20(28-25-22)10-7-11-21(27)26-16-14-19(15-17-26)13-12-18-8-5-4-6-9-18/h4-6,8-9,19H,7,10-17H2,1-3H3. The van der Waals surface area contributed by atoms with Crippen LogP contribution in [0.15, 0.2) is 34.9 Å². The van der Waals surface area contributed by atoms with Crippen LogP contribution in [0.5, 0.6) is 0 Å². The van der Waals surface area contributed by atoms with Crippen molar-refractivity contribution in [2.45, 2.75) is 71.1 Å². The van der Waals surface area contributed by atoms with Gasteiger partial charge in [-0.3, -0.25) is 4.79 Å². The molecule has 1 aliphatic rings. The van der Waals surface area contributed by atoms with Crippen LogP contribution in [0.2, 0.25) is 0 Å². The van der Waals surface area contributed by atoms with Gasteiger partial charge in [0.1, 0.15) is 0 Å². The lowest BCUT2D eigenvalue weighted by Crippen LogP contribution is -2.38. The fourth-order valence-electron chi connectivity index (χ4n) is 3.70. The molecule has 0 aliphatic carbocycles. The Morgan fingerprint density at radius 3 is 2.50 bits per heavy atom. The van der Waals surface area contributed by atoms with E-state index in [1.54, 1.807) is 0 Å². The van der Waals surface area contributed by atoms with E-state index in [0.29, 0.717) is 18.7 Å². The predicted octanol–water partition coefficient (Wildman–Crippen LogP) is 4.56. The Kier molecular flexibility index (Phi) is 6.87. The van der Waals surface area contributed by atoms with Gasteiger partial charge in [0.2, 0.25) is 11.8 Å². The van der Waals surface area contributed by atoms with Gasteiger partial charge >= 0.3 is 0 Å². The highest BCUT2D eigenvalue weighted by Crippen LogP contribution is 2.23. The van der Waals surface area contributed by atoms with Gasteiger partial charge in [-0.05, 0) is 43.6 Å². The summed E-state index contributed by atoms with van der Waals surface area (Å²) in [5.74, 6) is 2.36. The predicted molar refractivity (Wildman–Crippen MR) is 110 cm³/mol. The van der Waals surface area contributed by atoms with Crippen LogP contribution in [0.3, 0.4) is 0 Å². The fourth-order valence-corrected chi connectivity index (χ4v) is 3.70. The molecule has 5 heteroatoms. The van der Waals surface area contributed by atoms with E-state index in [-0.39, 0.29) is 11.3 Å². The topological polar surface area (TPSA) is 59.2 Å². The molecule has 0 spiro atoms. The number of carbonyl (C=O) groups is 1. The first-order valence-corrected chi connectivity index (χ1v) is 10.6. The van der Waals surface area contributed by atoms with Crippen LogP contribution in [-0.2, 0) is 23.1 Å². The van der Waals surface area contributed by atoms with Crippen LogP contribution >= 0.6 is 0 Å². The van der Waals surface area contributed by atoms with Gasteiger partial charge in [0.25, 0.3) is 0 Å². The van der Waals surface area contributed by atoms with Crippen molar-refractivity contribution in [2.75, 3.05) is 13.1 Å². The molecule has 0 saturated carbocycles. The molecule has 0 unspecified atom stereocenters. The van der Waals surface area contributed by atoms with Crippen molar-refractivity contribution >= 4 is 5.91 Å². The van der Waals surface area contributed by atoms with E-state index in [4.69, 9.17) is 4.52 Å². The molecule has 0 radical (unpaired) electrons. The van der Waals surface area contributed by atoms with Crippen LogP contribution in [0.1, 0.15) is 70.2 Å². The summed E-state index contributed by atoms with van der Waals surface area (Å²) >= 11 is 0. The third kappa shape index (κ3) is 5.91. The van der Waals surface area contributed by atoms with Crippen molar-refractivity contribution < 1.29 is 9.32 Å². The molecular formula is C23H33N3O2. The van der Waals surface area contributed by atoms with Gasteiger partial charge in [0.05, 0.1) is 0 Å². The first-order chi connectivity index (χ1) is 13.4. The first kappa shape index (κ1) is 20.6. The number of hydrogen-bond donors (Lipinski definition) is 0. The van der Waals surface area contributed by atoms with E-state index >= 15 is 0 Å². The Hall–Kier alpha value is -2.17. The summed E-state index contributed by atoms with van der Waals surface area (Å²) in [7, 11) is 0. The number of nitrogens with zero attached hydrogens (tertiary/aromatic N) is 3. The molecule has 3 rings (SSSR count). The van der Waals surface area contributed by atoms with Gasteiger partial charge in [-0.25, -0.2) is 0 Å². The summed E-state index contributed by atoms with van der Waals surface area (Å²) in [6.45, 7) is 7.98. The minimum absolute atomic E-state index is 0.109. The van der Waals surface area contributed by atoms with E-state index < -0.39 is 0 Å². The zero-order chi connectivity index (χ0) is 20.0. The maximum atomic E-state index is 12.5. The SMILES string of the molecule is CC(C)(C)c1noc(CCCC(=O)N2CCC(CCc3ccccc3)CC2)n1. The molecule has 152 valence electrons. The van der Waals surface area contributed by atoms with Crippen LogP contribution in [0.25, 0.3) is 0 Å². The van der Waals surface area contributed by atoms with Crippen molar-refractivity contribution in [3.8, 4) is 0 Å². The minimum atomic E-state index is -0.109. The second-order valence-electron chi connectivity index (χ2n) is 8.96. The molecule has 2 aromatic rings. The number of carbonyl (C=O) groups excluding carboxylic acids is 1. The molecule has 1 fully saturated rings. The van der Waals surface area contributed by atoms with E-state index in [2.05, 4.69) is 61.2 Å². The van der Waals surface area contributed by atoms with Crippen LogP contribution in [0.4, 0.5) is 0 Å². The molecule has 1 amide bonds. The number of aryl methyl sites for hydroxylation is 2. The molecule has 1 aromatic heterocycles. The lowest BCUT2D eigenvalue weighted by atomic mass is 9.90. The van der Waals surface area contributed by atoms with Crippen LogP contribution < -0.4 is 0 Å². The van der Waals surface area contributed by atoms with Gasteiger partial charge in [0, 0.05) is 31.3 Å². The Bertz CT molecular complexity index is 741. The van der Waals surface area contributed by atoms with Crippen molar-refractivity contribution in [1.29, 1.82) is 0 Å². The Balaban J connectivity index is 1.34. The number of aromatic nitrogens is 2. The van der Waals surface area contributed by atoms with E-state index in [1.807, 2.05) is 4.90 Å². The third-order valence-electron chi connectivity index (χ3n) is 5.57. The maximum Gasteiger partial charge on any atom is 0.226 e. The second-order valence-corrected chi connectivity index (χ2v) is 8.96. The van der Waals surface area contributed by atoms with Gasteiger partial charge in [-0.2, -0.15) is 4.98 Å². The molecule has 5 nitrogen and oxygen atoms in total. The number of amides is 1. The zero-order valence-corrected chi connectivity index (χ0v) is 17.5. The lowest BCUT2D eigenvalue weighted by Gasteiger charge is -2.32. The van der Waals surface area contributed by atoms with Gasteiger partial charge < -0.3 is 9.42 Å². The monoisotopic (exact) mass is 383 g/mol. The Labute approximate surface area is 168 Å². The Morgan fingerprint density at radius 1 is 1.14 bits per heavy atom. The van der Waals surface area contributed by atoms with E-state index in [1.165, 1.54) is 12.0 Å². The fraction of sp³-hybridized carbons (Fsp3) is 0.609. The molecule has 1 aromatic carbocycles. The number of piperidine rings is 1. The average Bonchev–Trinajstić information content (AvgIpc) is 3.17. The second kappa shape index (κ2) is 9.35. The summed E-state index contributed by atoms with van der Waals surface area (Å²) in [5.41, 5.74) is 1.30. The molecule has 28 heavy (non-hydrogen) atoms. The average molecular weight is 384 g/mol. The van der Waals surface area contributed by atoms with E-state index in [0.717, 1.165) is 50.5 Å². The normalized spacial score (nSPS) is 15.8. The van der Waals surface area contributed by atoms with Crippen LogP contribution in [-0.4, -0.2) is 34.0 Å². The molecule has 0 bridgehead atoms. The largest absolute Gasteiger partial charge is 0.343 e. The third-order valence-corrected chi connectivity index (χ3v) is 5.57. The molecular weight excluding hydrogens is 350 g/mol. The molecule has 0 atom stereocenters. The number of rotatable bonds is 7.